The van der Waals surface area contributed by atoms with E-state index in [1.807, 2.05) is 48.5 Å². The summed E-state index contributed by atoms with van der Waals surface area (Å²) in [6.45, 7) is 0. The molecule has 2 rings (SSSR count). The van der Waals surface area contributed by atoms with Crippen molar-refractivity contribution < 1.29 is 28.4 Å². The molecule has 6 nitrogen and oxygen atoms in total. The fourth-order valence-corrected chi connectivity index (χ4v) is 2.30. The Hall–Kier alpha value is -2.96. The Balaban J connectivity index is 1.72. The van der Waals surface area contributed by atoms with Crippen molar-refractivity contribution in [3.05, 3.63) is 59.7 Å². The Labute approximate surface area is 159 Å². The predicted molar refractivity (Wildman–Crippen MR) is 101 cm³/mol. The Morgan fingerprint density at radius 3 is 1.41 bits per heavy atom. The fourth-order valence-electron chi connectivity index (χ4n) is 2.30. The molecule has 0 aliphatic carbocycles. The lowest BCUT2D eigenvalue weighted by molar-refractivity contribution is -0.141. The first-order valence-electron chi connectivity index (χ1n) is 8.57. The molecule has 0 saturated heterocycles. The van der Waals surface area contributed by atoms with E-state index < -0.39 is 0 Å². The van der Waals surface area contributed by atoms with E-state index >= 15 is 0 Å². The zero-order valence-electron chi connectivity index (χ0n) is 15.5. The maximum atomic E-state index is 11.1. The van der Waals surface area contributed by atoms with Crippen LogP contribution in [0, 0.1) is 0 Å². The van der Waals surface area contributed by atoms with Crippen LogP contribution in [0.25, 0.3) is 0 Å². The first kappa shape index (κ1) is 20.4. The second-order valence-electron chi connectivity index (χ2n) is 5.77. The molecule has 1 radical (unpaired) electrons. The molecule has 0 aliphatic heterocycles. The molecule has 0 amide bonds. The second-order valence-corrected chi connectivity index (χ2v) is 5.77. The number of esters is 2. The number of ether oxygens (including phenoxy) is 2. The molecule has 2 aromatic carbocycles. The van der Waals surface area contributed by atoms with Gasteiger partial charge in [0.15, 0.2) is 0 Å². The van der Waals surface area contributed by atoms with Crippen LogP contribution < -0.4 is 9.31 Å². The van der Waals surface area contributed by atoms with Crippen molar-refractivity contribution in [1.82, 2.24) is 0 Å². The Bertz CT molecular complexity index is 664. The van der Waals surface area contributed by atoms with Crippen LogP contribution in [0.4, 0.5) is 0 Å². The molecule has 0 unspecified atom stereocenters. The monoisotopic (exact) mass is 369 g/mol. The first-order valence-corrected chi connectivity index (χ1v) is 8.57. The maximum Gasteiger partial charge on any atom is 0.658 e. The van der Waals surface area contributed by atoms with Crippen molar-refractivity contribution in [2.45, 2.75) is 25.7 Å². The molecule has 2 aromatic rings. The quantitative estimate of drug-likeness (QED) is 0.474. The van der Waals surface area contributed by atoms with Crippen LogP contribution >= 0.6 is 0 Å². The molecular weight excluding hydrogens is 347 g/mol. The van der Waals surface area contributed by atoms with E-state index in [9.17, 15) is 9.59 Å². The van der Waals surface area contributed by atoms with Gasteiger partial charge < -0.3 is 18.8 Å². The number of methoxy groups -OCH3 is 2. The van der Waals surface area contributed by atoms with Gasteiger partial charge in [-0.15, -0.1) is 0 Å². The molecule has 141 valence electrons. The minimum absolute atomic E-state index is 0.228. The van der Waals surface area contributed by atoms with E-state index in [4.69, 9.17) is 9.31 Å². The number of rotatable bonds is 10. The maximum absolute atomic E-state index is 11.1. The molecule has 27 heavy (non-hydrogen) atoms. The van der Waals surface area contributed by atoms with Crippen LogP contribution in [0.3, 0.4) is 0 Å². The minimum atomic E-state index is -0.228. The summed E-state index contributed by atoms with van der Waals surface area (Å²) in [5, 5.41) is 0. The lowest BCUT2D eigenvalue weighted by Crippen LogP contribution is -2.11. The predicted octanol–water partition coefficient (Wildman–Crippen LogP) is 2.89. The van der Waals surface area contributed by atoms with Crippen LogP contribution in [-0.4, -0.2) is 33.8 Å². The summed E-state index contributed by atoms with van der Waals surface area (Å²) in [7, 11) is 4.02. The number of hydrogen-bond acceptors (Lipinski definition) is 6. The van der Waals surface area contributed by atoms with Crippen molar-refractivity contribution in [3.8, 4) is 11.5 Å². The number of carbonyl (C=O) groups excluding carboxylic acids is 2. The third-order valence-corrected chi connectivity index (χ3v) is 3.91. The fraction of sp³-hybridized carbons (Fsp3) is 0.300. The van der Waals surface area contributed by atoms with Gasteiger partial charge in [-0.1, -0.05) is 24.3 Å². The van der Waals surface area contributed by atoms with Gasteiger partial charge in [-0.05, 0) is 48.2 Å². The Morgan fingerprint density at radius 2 is 1.07 bits per heavy atom. The summed E-state index contributed by atoms with van der Waals surface area (Å²) >= 11 is 0. The summed E-state index contributed by atoms with van der Waals surface area (Å²) in [6, 6.07) is 14.8. The topological polar surface area (TPSA) is 71.1 Å². The van der Waals surface area contributed by atoms with Gasteiger partial charge in [-0.25, -0.2) is 0 Å². The molecule has 0 aromatic heterocycles. The average molecular weight is 369 g/mol. The summed E-state index contributed by atoms with van der Waals surface area (Å²) in [5.74, 6) is 0.805. The molecule has 0 saturated carbocycles. The number of benzene rings is 2. The lowest BCUT2D eigenvalue weighted by Gasteiger charge is -2.08. The van der Waals surface area contributed by atoms with Gasteiger partial charge in [0.2, 0.25) is 0 Å². The smallest absolute Gasteiger partial charge is 0.526 e. The van der Waals surface area contributed by atoms with Gasteiger partial charge in [0, 0.05) is 12.8 Å². The highest BCUT2D eigenvalue weighted by molar-refractivity contribution is 6.20. The average Bonchev–Trinajstić information content (AvgIpc) is 2.72. The first-order chi connectivity index (χ1) is 13.1. The molecule has 7 heteroatoms. The second kappa shape index (κ2) is 10.9. The summed E-state index contributed by atoms with van der Waals surface area (Å²) in [5.41, 5.74) is 2.05. The van der Waals surface area contributed by atoms with Crippen LogP contribution in [-0.2, 0) is 31.9 Å². The summed E-state index contributed by atoms with van der Waals surface area (Å²) < 4.78 is 20.1. The van der Waals surface area contributed by atoms with Crippen LogP contribution in [0.5, 0.6) is 11.5 Å². The van der Waals surface area contributed by atoms with Gasteiger partial charge in [0.1, 0.15) is 11.5 Å². The van der Waals surface area contributed by atoms with E-state index in [0.29, 0.717) is 37.2 Å². The number of aryl methyl sites for hydroxylation is 2. The van der Waals surface area contributed by atoms with Gasteiger partial charge in [-0.2, -0.15) is 0 Å². The van der Waals surface area contributed by atoms with Crippen molar-refractivity contribution in [2.75, 3.05) is 14.2 Å². The molecule has 0 fully saturated rings. The molecule has 0 bridgehead atoms. The van der Waals surface area contributed by atoms with E-state index in [-0.39, 0.29) is 11.9 Å². The van der Waals surface area contributed by atoms with Gasteiger partial charge in [0.25, 0.3) is 0 Å². The van der Waals surface area contributed by atoms with Crippen LogP contribution in [0.1, 0.15) is 24.0 Å². The highest BCUT2D eigenvalue weighted by Gasteiger charge is 2.05. The third kappa shape index (κ3) is 7.44. The highest BCUT2D eigenvalue weighted by atomic mass is 16.6. The van der Waals surface area contributed by atoms with Gasteiger partial charge >= 0.3 is 19.6 Å². The molecule has 0 spiro atoms. The number of hydrogen-bond donors (Lipinski definition) is 0. The van der Waals surface area contributed by atoms with Crippen LogP contribution in [0.15, 0.2) is 48.5 Å². The SMILES string of the molecule is COC(=O)CCc1ccc(O[B]Oc2ccc(CCC(=O)OC)cc2)cc1. The summed E-state index contributed by atoms with van der Waals surface area (Å²) in [4.78, 5) is 22.3. The molecule has 0 N–H and O–H groups in total. The van der Waals surface area contributed by atoms with Crippen LogP contribution in [0.2, 0.25) is 0 Å². The van der Waals surface area contributed by atoms with E-state index in [2.05, 4.69) is 9.47 Å². The van der Waals surface area contributed by atoms with Crippen molar-refractivity contribution in [1.29, 1.82) is 0 Å². The largest absolute Gasteiger partial charge is 0.658 e. The minimum Gasteiger partial charge on any atom is -0.526 e. The standard InChI is InChI=1S/C20H22BO6/c1-24-19(22)13-7-15-3-9-17(10-4-15)26-21-27-18-11-5-16(6-12-18)8-14-20(23)25-2/h3-6,9-12H,7-8,13-14H2,1-2H3. The summed E-state index contributed by atoms with van der Waals surface area (Å²) in [6.07, 6.45) is 1.94. The molecular formula is C20H22BO6. The van der Waals surface area contributed by atoms with E-state index in [1.54, 1.807) is 0 Å². The van der Waals surface area contributed by atoms with Gasteiger partial charge in [0.05, 0.1) is 14.2 Å². The lowest BCUT2D eigenvalue weighted by atomic mass is 10.1. The Kier molecular flexibility index (Phi) is 8.22. The number of carbonyl (C=O) groups is 2. The zero-order valence-corrected chi connectivity index (χ0v) is 15.5. The van der Waals surface area contributed by atoms with Crippen molar-refractivity contribution in [3.63, 3.8) is 0 Å². The van der Waals surface area contributed by atoms with Crippen molar-refractivity contribution >= 4 is 19.6 Å². The molecule has 0 heterocycles. The van der Waals surface area contributed by atoms with Gasteiger partial charge in [-0.3, -0.25) is 9.59 Å². The normalized spacial score (nSPS) is 10.0. The van der Waals surface area contributed by atoms with E-state index in [0.717, 1.165) is 11.1 Å². The molecule has 0 atom stereocenters. The van der Waals surface area contributed by atoms with E-state index in [1.165, 1.54) is 21.9 Å². The Morgan fingerprint density at radius 1 is 0.704 bits per heavy atom. The third-order valence-electron chi connectivity index (χ3n) is 3.91. The molecule has 0 aliphatic rings. The van der Waals surface area contributed by atoms with Crippen molar-refractivity contribution in [2.24, 2.45) is 0 Å². The zero-order chi connectivity index (χ0) is 19.5. The highest BCUT2D eigenvalue weighted by Crippen LogP contribution is 2.16.